The van der Waals surface area contributed by atoms with Gasteiger partial charge in [0, 0.05) is 31.1 Å². The molecule has 0 spiro atoms. The third-order valence-corrected chi connectivity index (χ3v) is 3.01. The van der Waals surface area contributed by atoms with Gasteiger partial charge in [-0.05, 0) is 18.2 Å². The second-order valence-electron chi connectivity index (χ2n) is 4.44. The van der Waals surface area contributed by atoms with Crippen LogP contribution < -0.4 is 4.74 Å². The Morgan fingerprint density at radius 2 is 2.22 bits per heavy atom. The Kier molecular flexibility index (Phi) is 4.25. The number of benzene rings is 1. The maximum absolute atomic E-state index is 13.4. The van der Waals surface area contributed by atoms with E-state index in [4.69, 9.17) is 4.74 Å². The summed E-state index contributed by atoms with van der Waals surface area (Å²) >= 11 is 0. The number of carbonyl (C=O) groups excluding carboxylic acids is 1. The van der Waals surface area contributed by atoms with Crippen LogP contribution >= 0.6 is 0 Å². The van der Waals surface area contributed by atoms with Crippen molar-refractivity contribution in [2.75, 3.05) is 32.9 Å². The van der Waals surface area contributed by atoms with E-state index in [1.54, 1.807) is 0 Å². The third kappa shape index (κ3) is 3.04. The van der Waals surface area contributed by atoms with Gasteiger partial charge < -0.3 is 4.74 Å². The number of alkyl halides is 1. The molecule has 1 heterocycles. The molecule has 98 valence electrons. The monoisotopic (exact) mass is 255 g/mol. The highest BCUT2D eigenvalue weighted by atomic mass is 19.1. The zero-order valence-electron chi connectivity index (χ0n) is 9.94. The average Bonchev–Trinajstić information content (AvgIpc) is 2.33. The Hall–Kier alpha value is -1.49. The summed E-state index contributed by atoms with van der Waals surface area (Å²) in [5.74, 6) is -0.248. The molecule has 0 N–H and O–H groups in total. The molecule has 5 heteroatoms. The van der Waals surface area contributed by atoms with E-state index in [0.29, 0.717) is 19.4 Å². The summed E-state index contributed by atoms with van der Waals surface area (Å²) in [5.41, 5.74) is 0.286. The van der Waals surface area contributed by atoms with Gasteiger partial charge in [-0.1, -0.05) is 0 Å². The molecule has 0 atom stereocenters. The molecule has 0 bridgehead atoms. The summed E-state index contributed by atoms with van der Waals surface area (Å²) in [6.45, 7) is 2.22. The van der Waals surface area contributed by atoms with Gasteiger partial charge >= 0.3 is 0 Å². The molecule has 1 fully saturated rings. The van der Waals surface area contributed by atoms with Crippen LogP contribution in [0.1, 0.15) is 10.4 Å². The molecular weight excluding hydrogens is 240 g/mol. The van der Waals surface area contributed by atoms with E-state index in [9.17, 15) is 13.6 Å². The standard InChI is InChI=1S/C13H15F2NO2/c14-6-11-7-16(8-11)3-4-18-13-2-1-10(9-17)5-12(13)15/h1-2,5,9,11H,3-4,6-8H2. The average molecular weight is 255 g/mol. The van der Waals surface area contributed by atoms with Gasteiger partial charge in [0.15, 0.2) is 11.6 Å². The number of hydrogen-bond acceptors (Lipinski definition) is 3. The molecule has 2 rings (SSSR count). The molecule has 1 aromatic carbocycles. The summed E-state index contributed by atoms with van der Waals surface area (Å²) < 4.78 is 30.9. The number of ether oxygens (including phenoxy) is 1. The Morgan fingerprint density at radius 1 is 1.44 bits per heavy atom. The van der Waals surface area contributed by atoms with Crippen LogP contribution in [0.3, 0.4) is 0 Å². The number of hydrogen-bond donors (Lipinski definition) is 0. The third-order valence-electron chi connectivity index (χ3n) is 3.01. The van der Waals surface area contributed by atoms with Crippen LogP contribution in [0.5, 0.6) is 5.75 Å². The SMILES string of the molecule is O=Cc1ccc(OCCN2CC(CF)C2)c(F)c1. The van der Waals surface area contributed by atoms with Crippen molar-refractivity contribution in [3.63, 3.8) is 0 Å². The minimum Gasteiger partial charge on any atom is -0.489 e. The molecular formula is C13H15F2NO2. The second-order valence-corrected chi connectivity index (χ2v) is 4.44. The van der Waals surface area contributed by atoms with Gasteiger partial charge in [-0.2, -0.15) is 0 Å². The van der Waals surface area contributed by atoms with Crippen molar-refractivity contribution in [1.82, 2.24) is 4.90 Å². The van der Waals surface area contributed by atoms with E-state index in [1.807, 2.05) is 0 Å². The molecule has 1 saturated heterocycles. The van der Waals surface area contributed by atoms with Gasteiger partial charge in [-0.3, -0.25) is 14.1 Å². The van der Waals surface area contributed by atoms with Gasteiger partial charge in [0.2, 0.25) is 0 Å². The molecule has 18 heavy (non-hydrogen) atoms. The Balaban J connectivity index is 1.75. The molecule has 0 radical (unpaired) electrons. The first-order chi connectivity index (χ1) is 8.72. The molecule has 0 aliphatic carbocycles. The van der Waals surface area contributed by atoms with Crippen molar-refractivity contribution in [2.24, 2.45) is 5.92 Å². The largest absolute Gasteiger partial charge is 0.489 e. The Bertz CT molecular complexity index is 419. The first kappa shape index (κ1) is 13.0. The van der Waals surface area contributed by atoms with Crippen LogP contribution in [0.25, 0.3) is 0 Å². The molecule has 3 nitrogen and oxygen atoms in total. The molecule has 1 aliphatic rings. The zero-order valence-corrected chi connectivity index (χ0v) is 9.94. The minimum absolute atomic E-state index is 0.142. The molecule has 0 amide bonds. The number of aldehydes is 1. The number of carbonyl (C=O) groups is 1. The minimum atomic E-state index is -0.537. The highest BCUT2D eigenvalue weighted by Gasteiger charge is 2.25. The van der Waals surface area contributed by atoms with Crippen LogP contribution in [-0.4, -0.2) is 44.1 Å². The van der Waals surface area contributed by atoms with E-state index >= 15 is 0 Å². The number of likely N-dealkylation sites (tertiary alicyclic amines) is 1. The Morgan fingerprint density at radius 3 is 2.83 bits per heavy atom. The lowest BCUT2D eigenvalue weighted by molar-refractivity contribution is 0.0662. The smallest absolute Gasteiger partial charge is 0.165 e. The quantitative estimate of drug-likeness (QED) is 0.727. The molecule has 1 aliphatic heterocycles. The predicted octanol–water partition coefficient (Wildman–Crippen LogP) is 1.92. The van der Waals surface area contributed by atoms with E-state index in [2.05, 4.69) is 4.90 Å². The maximum Gasteiger partial charge on any atom is 0.165 e. The van der Waals surface area contributed by atoms with Crippen LogP contribution in [0.2, 0.25) is 0 Å². The number of rotatable bonds is 6. The van der Waals surface area contributed by atoms with E-state index in [-0.39, 0.29) is 23.9 Å². The fourth-order valence-corrected chi connectivity index (χ4v) is 1.95. The van der Waals surface area contributed by atoms with Crippen molar-refractivity contribution in [3.8, 4) is 5.75 Å². The van der Waals surface area contributed by atoms with E-state index in [0.717, 1.165) is 19.2 Å². The Labute approximate surface area is 104 Å². The van der Waals surface area contributed by atoms with Gasteiger partial charge in [-0.15, -0.1) is 0 Å². The summed E-state index contributed by atoms with van der Waals surface area (Å²) in [4.78, 5) is 12.5. The van der Waals surface area contributed by atoms with Crippen molar-refractivity contribution in [2.45, 2.75) is 0 Å². The van der Waals surface area contributed by atoms with Crippen molar-refractivity contribution in [3.05, 3.63) is 29.6 Å². The fraction of sp³-hybridized carbons (Fsp3) is 0.462. The first-order valence-corrected chi connectivity index (χ1v) is 5.88. The van der Waals surface area contributed by atoms with Gasteiger partial charge in [0.25, 0.3) is 0 Å². The normalized spacial score (nSPS) is 16.3. The van der Waals surface area contributed by atoms with Crippen LogP contribution in [0.4, 0.5) is 8.78 Å². The molecule has 0 unspecified atom stereocenters. The molecule has 0 aromatic heterocycles. The molecule has 0 saturated carbocycles. The lowest BCUT2D eigenvalue weighted by atomic mass is 10.0. The summed E-state index contributed by atoms with van der Waals surface area (Å²) in [6, 6.07) is 4.10. The predicted molar refractivity (Wildman–Crippen MR) is 63.2 cm³/mol. The van der Waals surface area contributed by atoms with Gasteiger partial charge in [0.05, 0.1) is 6.67 Å². The van der Waals surface area contributed by atoms with Crippen LogP contribution in [0.15, 0.2) is 18.2 Å². The summed E-state index contributed by atoms with van der Waals surface area (Å²) in [6.07, 6.45) is 0.587. The van der Waals surface area contributed by atoms with Crippen molar-refractivity contribution in [1.29, 1.82) is 0 Å². The van der Waals surface area contributed by atoms with Crippen LogP contribution in [-0.2, 0) is 0 Å². The van der Waals surface area contributed by atoms with E-state index < -0.39 is 5.82 Å². The van der Waals surface area contributed by atoms with E-state index in [1.165, 1.54) is 12.1 Å². The van der Waals surface area contributed by atoms with Crippen molar-refractivity contribution < 1.29 is 18.3 Å². The number of nitrogens with zero attached hydrogens (tertiary/aromatic N) is 1. The van der Waals surface area contributed by atoms with Gasteiger partial charge in [0.1, 0.15) is 12.9 Å². The zero-order chi connectivity index (χ0) is 13.0. The highest BCUT2D eigenvalue weighted by Crippen LogP contribution is 2.19. The van der Waals surface area contributed by atoms with Crippen molar-refractivity contribution >= 4 is 6.29 Å². The highest BCUT2D eigenvalue weighted by molar-refractivity contribution is 5.74. The lowest BCUT2D eigenvalue weighted by Crippen LogP contribution is -2.49. The fourth-order valence-electron chi connectivity index (χ4n) is 1.95. The van der Waals surface area contributed by atoms with Gasteiger partial charge in [-0.25, -0.2) is 4.39 Å². The molecule has 1 aromatic rings. The lowest BCUT2D eigenvalue weighted by Gasteiger charge is -2.37. The topological polar surface area (TPSA) is 29.5 Å². The maximum atomic E-state index is 13.4. The first-order valence-electron chi connectivity index (χ1n) is 5.88. The second kappa shape index (κ2) is 5.91. The summed E-state index contributed by atoms with van der Waals surface area (Å²) in [7, 11) is 0. The van der Waals surface area contributed by atoms with Crippen LogP contribution in [0, 0.1) is 11.7 Å². The number of halogens is 2. The summed E-state index contributed by atoms with van der Waals surface area (Å²) in [5, 5.41) is 0.